The second-order valence-electron chi connectivity index (χ2n) is 3.42. The number of rotatable bonds is 5. The highest BCUT2D eigenvalue weighted by atomic mass is 79.9. The van der Waals surface area contributed by atoms with Crippen LogP contribution in [0.1, 0.15) is 25.7 Å². The Morgan fingerprint density at radius 3 is 3.00 bits per heavy atom. The van der Waals surface area contributed by atoms with Crippen LogP contribution >= 0.6 is 27.7 Å². The van der Waals surface area contributed by atoms with E-state index in [4.69, 9.17) is 0 Å². The Labute approximate surface area is 88.3 Å². The maximum absolute atomic E-state index is 3.80. The van der Waals surface area contributed by atoms with E-state index in [0.29, 0.717) is 0 Å². The molecule has 0 amide bonds. The lowest BCUT2D eigenvalue weighted by Gasteiger charge is -2.15. The van der Waals surface area contributed by atoms with Gasteiger partial charge in [0.05, 0.1) is 0 Å². The molecule has 0 N–H and O–H groups in total. The predicted octanol–water partition coefficient (Wildman–Crippen LogP) is 3.86. The van der Waals surface area contributed by atoms with E-state index < -0.39 is 0 Å². The summed E-state index contributed by atoms with van der Waals surface area (Å²) in [7, 11) is 0. The molecule has 1 saturated heterocycles. The molecule has 0 aromatic carbocycles. The molecule has 1 heterocycles. The van der Waals surface area contributed by atoms with Crippen LogP contribution in [-0.2, 0) is 0 Å². The molecule has 0 nitrogen and oxygen atoms in total. The zero-order valence-electron chi connectivity index (χ0n) is 7.47. The van der Waals surface area contributed by atoms with Gasteiger partial charge in [-0.05, 0) is 37.4 Å². The summed E-state index contributed by atoms with van der Waals surface area (Å²) in [6, 6.07) is 0. The molecule has 70 valence electrons. The summed E-state index contributed by atoms with van der Waals surface area (Å²) in [6.07, 6.45) is 7.46. The largest absolute Gasteiger partial charge is 0.159 e. The highest BCUT2D eigenvalue weighted by Gasteiger charge is 2.19. The molecule has 0 spiro atoms. The Hall–Kier alpha value is 0.570. The molecular weight excluding hydrogens is 232 g/mol. The zero-order chi connectivity index (χ0) is 8.81. The van der Waals surface area contributed by atoms with Gasteiger partial charge in [0.1, 0.15) is 0 Å². The fraction of sp³-hybridized carbons (Fsp3) is 0.800. The summed E-state index contributed by atoms with van der Waals surface area (Å²) in [4.78, 5) is 0. The van der Waals surface area contributed by atoms with Gasteiger partial charge in [0.2, 0.25) is 0 Å². The van der Waals surface area contributed by atoms with Crippen molar-refractivity contribution < 1.29 is 0 Å². The summed E-state index contributed by atoms with van der Waals surface area (Å²) in [6.45, 7) is 3.80. The number of alkyl halides is 1. The van der Waals surface area contributed by atoms with Gasteiger partial charge < -0.3 is 0 Å². The quantitative estimate of drug-likeness (QED) is 0.526. The lowest BCUT2D eigenvalue weighted by Crippen LogP contribution is -2.08. The molecule has 0 aliphatic carbocycles. The van der Waals surface area contributed by atoms with E-state index in [0.717, 1.165) is 16.5 Å². The van der Waals surface area contributed by atoms with Crippen LogP contribution in [0.15, 0.2) is 12.7 Å². The second kappa shape index (κ2) is 6.09. The van der Waals surface area contributed by atoms with E-state index in [1.54, 1.807) is 0 Å². The lowest BCUT2D eigenvalue weighted by molar-refractivity contribution is 0.530. The summed E-state index contributed by atoms with van der Waals surface area (Å²) in [5, 5.41) is 2.07. The number of hydrogen-bond donors (Lipinski definition) is 0. The Morgan fingerprint density at radius 2 is 2.50 bits per heavy atom. The molecule has 2 heteroatoms. The van der Waals surface area contributed by atoms with Gasteiger partial charge in [0.15, 0.2) is 0 Å². The van der Waals surface area contributed by atoms with Crippen molar-refractivity contribution in [3.05, 3.63) is 12.7 Å². The normalized spacial score (nSPS) is 25.6. The fourth-order valence-electron chi connectivity index (χ4n) is 1.66. The molecule has 1 fully saturated rings. The van der Waals surface area contributed by atoms with Gasteiger partial charge >= 0.3 is 0 Å². The summed E-state index contributed by atoms with van der Waals surface area (Å²) < 4.78 is 0. The van der Waals surface area contributed by atoms with Crippen molar-refractivity contribution in [1.82, 2.24) is 0 Å². The third-order valence-corrected chi connectivity index (χ3v) is 4.68. The SMILES string of the molecule is C=CCC(CBr)CC1CCCS1. The van der Waals surface area contributed by atoms with Crippen molar-refractivity contribution in [1.29, 1.82) is 0 Å². The van der Waals surface area contributed by atoms with Gasteiger partial charge in [-0.2, -0.15) is 11.8 Å². The monoisotopic (exact) mass is 248 g/mol. The number of allylic oxidation sites excluding steroid dienone is 1. The maximum Gasteiger partial charge on any atom is 0.00630 e. The van der Waals surface area contributed by atoms with Crippen LogP contribution in [-0.4, -0.2) is 16.3 Å². The minimum atomic E-state index is 0.818. The first kappa shape index (κ1) is 10.6. The Morgan fingerprint density at radius 1 is 1.67 bits per heavy atom. The third kappa shape index (κ3) is 3.53. The average Bonchev–Trinajstić information content (AvgIpc) is 2.56. The minimum Gasteiger partial charge on any atom is -0.159 e. The first-order chi connectivity index (χ1) is 5.86. The molecule has 1 aliphatic rings. The molecule has 1 aliphatic heterocycles. The summed E-state index contributed by atoms with van der Waals surface area (Å²) >= 11 is 5.72. The van der Waals surface area contributed by atoms with Crippen molar-refractivity contribution >= 4 is 27.7 Å². The minimum absolute atomic E-state index is 0.818. The summed E-state index contributed by atoms with van der Waals surface area (Å²) in [5.41, 5.74) is 0. The number of thioether (sulfide) groups is 1. The van der Waals surface area contributed by atoms with E-state index in [9.17, 15) is 0 Å². The zero-order valence-corrected chi connectivity index (χ0v) is 9.87. The molecule has 0 saturated carbocycles. The molecule has 0 bridgehead atoms. The van der Waals surface area contributed by atoms with Gasteiger partial charge in [0.25, 0.3) is 0 Å². The van der Waals surface area contributed by atoms with Crippen LogP contribution in [0.3, 0.4) is 0 Å². The molecule has 1 rings (SSSR count). The molecule has 0 aromatic rings. The molecule has 0 aromatic heterocycles. The van der Waals surface area contributed by atoms with Crippen LogP contribution in [0.25, 0.3) is 0 Å². The van der Waals surface area contributed by atoms with Crippen molar-refractivity contribution in [2.45, 2.75) is 30.9 Å². The van der Waals surface area contributed by atoms with E-state index in [2.05, 4.69) is 34.3 Å². The smallest absolute Gasteiger partial charge is 0.00630 e. The van der Waals surface area contributed by atoms with E-state index in [1.165, 1.54) is 31.4 Å². The van der Waals surface area contributed by atoms with Crippen LogP contribution in [0.4, 0.5) is 0 Å². The predicted molar refractivity (Wildman–Crippen MR) is 62.2 cm³/mol. The van der Waals surface area contributed by atoms with Crippen molar-refractivity contribution in [3.63, 3.8) is 0 Å². The Bertz CT molecular complexity index is 130. The van der Waals surface area contributed by atoms with Gasteiger partial charge in [-0.3, -0.25) is 0 Å². The van der Waals surface area contributed by atoms with Crippen LogP contribution in [0.5, 0.6) is 0 Å². The summed E-state index contributed by atoms with van der Waals surface area (Å²) in [5.74, 6) is 2.20. The molecule has 12 heavy (non-hydrogen) atoms. The standard InChI is InChI=1S/C10H17BrS/c1-2-4-9(8-11)7-10-5-3-6-12-10/h2,9-10H,1,3-8H2. The fourth-order valence-corrected chi connectivity index (χ4v) is 3.60. The second-order valence-corrected chi connectivity index (χ2v) is 5.47. The van der Waals surface area contributed by atoms with Crippen molar-refractivity contribution in [2.24, 2.45) is 5.92 Å². The maximum atomic E-state index is 3.80. The van der Waals surface area contributed by atoms with E-state index in [-0.39, 0.29) is 0 Å². The number of hydrogen-bond acceptors (Lipinski definition) is 1. The first-order valence-corrected chi connectivity index (χ1v) is 6.82. The Balaban J connectivity index is 2.20. The van der Waals surface area contributed by atoms with Gasteiger partial charge in [-0.1, -0.05) is 22.0 Å². The highest BCUT2D eigenvalue weighted by Crippen LogP contribution is 2.32. The van der Waals surface area contributed by atoms with E-state index in [1.807, 2.05) is 6.08 Å². The van der Waals surface area contributed by atoms with Gasteiger partial charge in [-0.15, -0.1) is 6.58 Å². The average molecular weight is 249 g/mol. The highest BCUT2D eigenvalue weighted by molar-refractivity contribution is 9.09. The van der Waals surface area contributed by atoms with Gasteiger partial charge in [0, 0.05) is 10.6 Å². The van der Waals surface area contributed by atoms with Crippen LogP contribution < -0.4 is 0 Å². The van der Waals surface area contributed by atoms with E-state index >= 15 is 0 Å². The Kier molecular flexibility index (Phi) is 5.40. The van der Waals surface area contributed by atoms with Gasteiger partial charge in [-0.25, -0.2) is 0 Å². The first-order valence-electron chi connectivity index (χ1n) is 4.65. The van der Waals surface area contributed by atoms with Crippen LogP contribution in [0.2, 0.25) is 0 Å². The molecular formula is C10H17BrS. The van der Waals surface area contributed by atoms with Crippen molar-refractivity contribution in [3.8, 4) is 0 Å². The molecule has 2 atom stereocenters. The molecule has 0 radical (unpaired) electrons. The third-order valence-electron chi connectivity index (χ3n) is 2.34. The van der Waals surface area contributed by atoms with Crippen LogP contribution in [0, 0.1) is 5.92 Å². The number of halogens is 1. The lowest BCUT2D eigenvalue weighted by atomic mass is 10.00. The topological polar surface area (TPSA) is 0 Å². The van der Waals surface area contributed by atoms with Crippen molar-refractivity contribution in [2.75, 3.05) is 11.1 Å². The molecule has 2 unspecified atom stereocenters.